The highest BCUT2D eigenvalue weighted by Crippen LogP contribution is 2.39. The molecule has 180 valence electrons. The molecule has 0 amide bonds. The average molecular weight is 467 g/mol. The second kappa shape index (κ2) is 10.8. The zero-order chi connectivity index (χ0) is 24.9. The third-order valence-corrected chi connectivity index (χ3v) is 6.97. The molecule has 0 saturated carbocycles. The first-order valence-electron chi connectivity index (χ1n) is 12.0. The van der Waals surface area contributed by atoms with Crippen LogP contribution in [0.5, 0.6) is 11.5 Å². The third-order valence-electron chi connectivity index (χ3n) is 6.97. The van der Waals surface area contributed by atoms with Crippen molar-refractivity contribution in [2.45, 2.75) is 39.9 Å². The zero-order valence-corrected chi connectivity index (χ0v) is 21.5. The fourth-order valence-electron chi connectivity index (χ4n) is 4.47. The number of benzene rings is 4. The van der Waals surface area contributed by atoms with Gasteiger partial charge in [0.2, 0.25) is 0 Å². The maximum atomic E-state index is 7.13. The van der Waals surface area contributed by atoms with Gasteiger partial charge in [-0.3, -0.25) is 0 Å². The fourth-order valence-corrected chi connectivity index (χ4v) is 4.47. The molecule has 3 heteroatoms. The molecule has 0 N–H and O–H groups in total. The quantitative estimate of drug-likeness (QED) is 0.265. The molecule has 4 rings (SSSR count). The molecule has 0 saturated heterocycles. The van der Waals surface area contributed by atoms with E-state index in [0.717, 1.165) is 22.6 Å². The Morgan fingerprint density at radius 2 is 0.857 bits per heavy atom. The SMILES string of the molecule is COc1ccc(C(OC(c2ccc(OC)cc2)c2cccc(C)c2C)c2cccc(C)c2C)cc1. The van der Waals surface area contributed by atoms with Crippen LogP contribution in [0.1, 0.15) is 56.7 Å². The highest BCUT2D eigenvalue weighted by molar-refractivity contribution is 5.44. The van der Waals surface area contributed by atoms with E-state index in [9.17, 15) is 0 Å². The van der Waals surface area contributed by atoms with Crippen molar-refractivity contribution in [2.24, 2.45) is 0 Å². The monoisotopic (exact) mass is 466 g/mol. The molecule has 0 radical (unpaired) electrons. The topological polar surface area (TPSA) is 27.7 Å². The molecule has 3 nitrogen and oxygen atoms in total. The Morgan fingerprint density at radius 1 is 0.486 bits per heavy atom. The molecule has 0 fully saturated rings. The van der Waals surface area contributed by atoms with Gasteiger partial charge < -0.3 is 14.2 Å². The Labute approximate surface area is 209 Å². The summed E-state index contributed by atoms with van der Waals surface area (Å²) in [5, 5.41) is 0. The van der Waals surface area contributed by atoms with Gasteiger partial charge in [0.05, 0.1) is 14.2 Å². The average Bonchev–Trinajstić information content (AvgIpc) is 2.89. The molecule has 0 aliphatic rings. The van der Waals surface area contributed by atoms with E-state index in [1.807, 2.05) is 24.3 Å². The Hall–Kier alpha value is -3.56. The lowest BCUT2D eigenvalue weighted by atomic mass is 9.92. The largest absolute Gasteiger partial charge is 0.497 e. The Balaban J connectivity index is 1.87. The Kier molecular flexibility index (Phi) is 7.57. The number of rotatable bonds is 8. The van der Waals surface area contributed by atoms with Crippen molar-refractivity contribution >= 4 is 0 Å². The van der Waals surface area contributed by atoms with Crippen LogP contribution in [-0.4, -0.2) is 14.2 Å². The van der Waals surface area contributed by atoms with Crippen LogP contribution in [0.2, 0.25) is 0 Å². The summed E-state index contributed by atoms with van der Waals surface area (Å²) in [7, 11) is 3.38. The van der Waals surface area contributed by atoms with Gasteiger partial charge in [0.25, 0.3) is 0 Å². The summed E-state index contributed by atoms with van der Waals surface area (Å²) in [6.45, 7) is 8.64. The van der Waals surface area contributed by atoms with Crippen LogP contribution in [0.3, 0.4) is 0 Å². The van der Waals surface area contributed by atoms with E-state index in [0.29, 0.717) is 0 Å². The van der Waals surface area contributed by atoms with Crippen LogP contribution in [0.15, 0.2) is 84.9 Å². The maximum absolute atomic E-state index is 7.13. The van der Waals surface area contributed by atoms with E-state index >= 15 is 0 Å². The molecule has 4 aromatic rings. The van der Waals surface area contributed by atoms with Gasteiger partial charge >= 0.3 is 0 Å². The molecular formula is C32H34O3. The van der Waals surface area contributed by atoms with Gasteiger partial charge in [-0.1, -0.05) is 60.7 Å². The number of hydrogen-bond donors (Lipinski definition) is 0. The number of ether oxygens (including phenoxy) is 3. The number of aryl methyl sites for hydroxylation is 2. The summed E-state index contributed by atoms with van der Waals surface area (Å²) in [6, 6.07) is 29.2. The lowest BCUT2D eigenvalue weighted by Gasteiger charge is -2.29. The normalized spacial score (nSPS) is 12.7. The summed E-state index contributed by atoms with van der Waals surface area (Å²) in [5.41, 5.74) is 9.48. The van der Waals surface area contributed by atoms with Crippen molar-refractivity contribution in [1.29, 1.82) is 0 Å². The minimum Gasteiger partial charge on any atom is -0.497 e. The second-order valence-corrected chi connectivity index (χ2v) is 9.02. The van der Waals surface area contributed by atoms with E-state index in [4.69, 9.17) is 14.2 Å². The smallest absolute Gasteiger partial charge is 0.118 e. The van der Waals surface area contributed by atoms with Crippen LogP contribution in [-0.2, 0) is 4.74 Å². The lowest BCUT2D eigenvalue weighted by Crippen LogP contribution is -2.16. The predicted octanol–water partition coefficient (Wildman–Crippen LogP) is 7.83. The molecule has 0 aromatic heterocycles. The highest BCUT2D eigenvalue weighted by atomic mass is 16.5. The van der Waals surface area contributed by atoms with E-state index in [-0.39, 0.29) is 12.2 Å². The lowest BCUT2D eigenvalue weighted by molar-refractivity contribution is 0.0301. The van der Waals surface area contributed by atoms with Crippen LogP contribution >= 0.6 is 0 Å². The molecule has 0 aliphatic heterocycles. The van der Waals surface area contributed by atoms with Gasteiger partial charge in [0, 0.05) is 0 Å². The molecule has 0 aliphatic carbocycles. The molecular weight excluding hydrogens is 432 g/mol. The molecule has 2 atom stereocenters. The summed E-state index contributed by atoms with van der Waals surface area (Å²) in [6.07, 6.45) is -0.513. The van der Waals surface area contributed by atoms with Gasteiger partial charge in [-0.05, 0) is 96.5 Å². The summed E-state index contributed by atoms with van der Waals surface area (Å²) >= 11 is 0. The molecule has 35 heavy (non-hydrogen) atoms. The summed E-state index contributed by atoms with van der Waals surface area (Å²) in [4.78, 5) is 0. The third kappa shape index (κ3) is 5.26. The fraction of sp³-hybridized carbons (Fsp3) is 0.250. The molecule has 0 spiro atoms. The van der Waals surface area contributed by atoms with Crippen LogP contribution in [0.4, 0.5) is 0 Å². The van der Waals surface area contributed by atoms with Crippen molar-refractivity contribution in [3.05, 3.63) is 129 Å². The Morgan fingerprint density at radius 3 is 1.20 bits per heavy atom. The molecule has 0 heterocycles. The van der Waals surface area contributed by atoms with Gasteiger partial charge in [-0.25, -0.2) is 0 Å². The first-order chi connectivity index (χ1) is 16.9. The summed E-state index contributed by atoms with van der Waals surface area (Å²) < 4.78 is 18.0. The number of methoxy groups -OCH3 is 2. The molecule has 0 bridgehead atoms. The van der Waals surface area contributed by atoms with E-state index in [1.165, 1.54) is 33.4 Å². The van der Waals surface area contributed by atoms with Gasteiger partial charge in [0.15, 0.2) is 0 Å². The van der Waals surface area contributed by atoms with Crippen molar-refractivity contribution in [3.63, 3.8) is 0 Å². The predicted molar refractivity (Wildman–Crippen MR) is 143 cm³/mol. The Bertz CT molecular complexity index is 1170. The van der Waals surface area contributed by atoms with Gasteiger partial charge in [-0.2, -0.15) is 0 Å². The van der Waals surface area contributed by atoms with Crippen LogP contribution in [0.25, 0.3) is 0 Å². The minimum atomic E-state index is -0.257. The van der Waals surface area contributed by atoms with Crippen LogP contribution in [0, 0.1) is 27.7 Å². The standard InChI is InChI=1S/C32H34O3/c1-21-9-7-11-29(23(21)3)31(25-13-17-27(33-5)18-14-25)35-32(26-15-19-28(34-6)20-16-26)30-12-8-10-22(2)24(30)4/h7-20,31-32H,1-6H3. The van der Waals surface area contributed by atoms with Crippen molar-refractivity contribution < 1.29 is 14.2 Å². The zero-order valence-electron chi connectivity index (χ0n) is 21.5. The highest BCUT2D eigenvalue weighted by Gasteiger charge is 2.26. The first kappa shape index (κ1) is 24.6. The van der Waals surface area contributed by atoms with E-state index in [1.54, 1.807) is 14.2 Å². The van der Waals surface area contributed by atoms with Crippen molar-refractivity contribution in [3.8, 4) is 11.5 Å². The summed E-state index contributed by atoms with van der Waals surface area (Å²) in [5.74, 6) is 1.66. The minimum absolute atomic E-state index is 0.257. The van der Waals surface area contributed by atoms with Gasteiger partial charge in [-0.15, -0.1) is 0 Å². The van der Waals surface area contributed by atoms with E-state index in [2.05, 4.69) is 88.4 Å². The second-order valence-electron chi connectivity index (χ2n) is 9.02. The van der Waals surface area contributed by atoms with Gasteiger partial charge in [0.1, 0.15) is 23.7 Å². The van der Waals surface area contributed by atoms with E-state index < -0.39 is 0 Å². The number of hydrogen-bond acceptors (Lipinski definition) is 3. The first-order valence-corrected chi connectivity index (χ1v) is 12.0. The van der Waals surface area contributed by atoms with Crippen molar-refractivity contribution in [2.75, 3.05) is 14.2 Å². The van der Waals surface area contributed by atoms with Crippen molar-refractivity contribution in [1.82, 2.24) is 0 Å². The van der Waals surface area contributed by atoms with Crippen LogP contribution < -0.4 is 9.47 Å². The maximum Gasteiger partial charge on any atom is 0.118 e. The molecule has 4 aromatic carbocycles. The molecule has 2 unspecified atom stereocenters.